The van der Waals surface area contributed by atoms with Crippen LogP contribution in [0.1, 0.15) is 58.8 Å². The van der Waals surface area contributed by atoms with Crippen LogP contribution in [0.3, 0.4) is 0 Å². The van der Waals surface area contributed by atoms with Crippen molar-refractivity contribution in [3.05, 3.63) is 12.2 Å². The van der Waals surface area contributed by atoms with Crippen molar-refractivity contribution in [2.45, 2.75) is 58.8 Å². The Kier molecular flexibility index (Phi) is 14.9. The van der Waals surface area contributed by atoms with E-state index in [0.29, 0.717) is 13.0 Å². The molecule has 0 aliphatic carbocycles. The van der Waals surface area contributed by atoms with Crippen LogP contribution < -0.4 is 5.32 Å². The predicted molar refractivity (Wildman–Crippen MR) is 89.3 cm³/mol. The van der Waals surface area contributed by atoms with Crippen LogP contribution in [0.2, 0.25) is 0 Å². The van der Waals surface area contributed by atoms with E-state index in [9.17, 15) is 4.79 Å². The van der Waals surface area contributed by atoms with E-state index in [-0.39, 0.29) is 5.91 Å². The molecule has 0 aromatic heterocycles. The number of hydrogen-bond donors (Lipinski definition) is 2. The summed E-state index contributed by atoms with van der Waals surface area (Å²) in [6.07, 6.45) is 11.3. The van der Waals surface area contributed by atoms with Crippen molar-refractivity contribution in [3.63, 3.8) is 0 Å². The Morgan fingerprint density at radius 2 is 1.76 bits per heavy atom. The monoisotopic (exact) mass is 298 g/mol. The summed E-state index contributed by atoms with van der Waals surface area (Å²) in [6, 6.07) is 0. The van der Waals surface area contributed by atoms with Crippen molar-refractivity contribution in [3.8, 4) is 0 Å². The van der Waals surface area contributed by atoms with Gasteiger partial charge in [-0.2, -0.15) is 0 Å². The van der Waals surface area contributed by atoms with Crippen LogP contribution in [0.25, 0.3) is 0 Å². The molecule has 0 fully saturated rings. The number of rotatable bonds is 14. The largest absolute Gasteiger partial charge is 0.396 e. The summed E-state index contributed by atoms with van der Waals surface area (Å²) in [5.74, 6) is 0.105. The number of carbonyl (C=O) groups is 1. The lowest BCUT2D eigenvalue weighted by Crippen LogP contribution is -2.35. The van der Waals surface area contributed by atoms with Crippen molar-refractivity contribution in [2.24, 2.45) is 0 Å². The maximum atomic E-state index is 11.5. The van der Waals surface area contributed by atoms with Crippen molar-refractivity contribution in [1.29, 1.82) is 0 Å². The minimum Gasteiger partial charge on any atom is -0.396 e. The molecular formula is C17H34N2O2. The third-order valence-corrected chi connectivity index (χ3v) is 3.62. The first-order valence-electron chi connectivity index (χ1n) is 8.45. The lowest BCUT2D eigenvalue weighted by molar-refractivity contribution is -0.120. The maximum absolute atomic E-state index is 11.5. The van der Waals surface area contributed by atoms with Crippen molar-refractivity contribution in [1.82, 2.24) is 10.2 Å². The topological polar surface area (TPSA) is 52.6 Å². The summed E-state index contributed by atoms with van der Waals surface area (Å²) in [7, 11) is 0. The number of unbranched alkanes of at least 4 members (excludes halogenated alkanes) is 5. The average molecular weight is 298 g/mol. The molecule has 0 spiro atoms. The molecule has 0 rings (SSSR count). The first-order chi connectivity index (χ1) is 10.2. The van der Waals surface area contributed by atoms with Gasteiger partial charge >= 0.3 is 0 Å². The van der Waals surface area contributed by atoms with Gasteiger partial charge in [0.2, 0.25) is 5.91 Å². The van der Waals surface area contributed by atoms with E-state index < -0.39 is 0 Å². The van der Waals surface area contributed by atoms with E-state index in [4.69, 9.17) is 5.11 Å². The average Bonchev–Trinajstić information content (AvgIpc) is 2.50. The number of aliphatic hydroxyl groups is 1. The number of likely N-dealkylation sites (N-methyl/N-ethyl adjacent to an activating group) is 1. The fourth-order valence-corrected chi connectivity index (χ4v) is 2.23. The first-order valence-corrected chi connectivity index (χ1v) is 8.45. The molecule has 0 bridgehead atoms. The van der Waals surface area contributed by atoms with Crippen LogP contribution in [-0.2, 0) is 4.79 Å². The van der Waals surface area contributed by atoms with Gasteiger partial charge in [0.15, 0.2) is 0 Å². The fourth-order valence-electron chi connectivity index (χ4n) is 2.23. The molecule has 0 unspecified atom stereocenters. The molecular weight excluding hydrogens is 264 g/mol. The number of allylic oxidation sites excluding steroid dienone is 1. The lowest BCUT2D eigenvalue weighted by atomic mass is 10.1. The highest BCUT2D eigenvalue weighted by Crippen LogP contribution is 2.05. The van der Waals surface area contributed by atoms with Gasteiger partial charge in [-0.15, -0.1) is 0 Å². The minimum absolute atomic E-state index is 0.105. The number of carbonyl (C=O) groups excluding carboxylic acids is 1. The molecule has 0 heterocycles. The SMILES string of the molecule is C/C=C/CC(=O)NCCN(CC)CCCCCCCCO. The molecule has 0 saturated carbocycles. The highest BCUT2D eigenvalue weighted by Gasteiger charge is 2.03. The van der Waals surface area contributed by atoms with Gasteiger partial charge in [-0.05, 0) is 32.9 Å². The van der Waals surface area contributed by atoms with E-state index in [1.165, 1.54) is 25.7 Å². The molecule has 4 nitrogen and oxygen atoms in total. The number of nitrogens with one attached hydrogen (secondary N) is 1. The third kappa shape index (κ3) is 13.9. The van der Waals surface area contributed by atoms with Gasteiger partial charge in [-0.1, -0.05) is 44.8 Å². The molecule has 0 aromatic rings. The van der Waals surface area contributed by atoms with E-state index >= 15 is 0 Å². The molecule has 0 aliphatic heterocycles. The second-order valence-corrected chi connectivity index (χ2v) is 5.40. The molecule has 2 N–H and O–H groups in total. The summed E-state index contributed by atoms with van der Waals surface area (Å²) in [6.45, 7) is 8.24. The van der Waals surface area contributed by atoms with Crippen LogP contribution in [0.15, 0.2) is 12.2 Å². The second kappa shape index (κ2) is 15.5. The summed E-state index contributed by atoms with van der Waals surface area (Å²) >= 11 is 0. The van der Waals surface area contributed by atoms with Gasteiger partial charge < -0.3 is 15.3 Å². The summed E-state index contributed by atoms with van der Waals surface area (Å²) in [4.78, 5) is 13.9. The third-order valence-electron chi connectivity index (χ3n) is 3.62. The van der Waals surface area contributed by atoms with Gasteiger partial charge in [0.25, 0.3) is 0 Å². The Morgan fingerprint density at radius 3 is 2.38 bits per heavy atom. The Bertz CT molecular complexity index is 268. The number of aliphatic hydroxyl groups excluding tert-OH is 1. The van der Waals surface area contributed by atoms with Crippen LogP contribution in [0.4, 0.5) is 0 Å². The Hall–Kier alpha value is -0.870. The van der Waals surface area contributed by atoms with E-state index in [1.807, 2.05) is 19.1 Å². The van der Waals surface area contributed by atoms with Crippen LogP contribution in [0, 0.1) is 0 Å². The molecule has 0 aliphatic rings. The van der Waals surface area contributed by atoms with Gasteiger partial charge in [0.05, 0.1) is 0 Å². The molecule has 0 radical (unpaired) electrons. The van der Waals surface area contributed by atoms with Crippen molar-refractivity contribution >= 4 is 5.91 Å². The Morgan fingerprint density at radius 1 is 1.10 bits per heavy atom. The fraction of sp³-hybridized carbons (Fsp3) is 0.824. The van der Waals surface area contributed by atoms with Gasteiger partial charge in [0, 0.05) is 26.1 Å². The zero-order chi connectivity index (χ0) is 15.8. The predicted octanol–water partition coefficient (Wildman–Crippen LogP) is 2.72. The molecule has 1 amide bonds. The minimum atomic E-state index is 0.105. The lowest BCUT2D eigenvalue weighted by Gasteiger charge is -2.20. The van der Waals surface area contributed by atoms with E-state index in [2.05, 4.69) is 17.1 Å². The Labute approximate surface area is 130 Å². The van der Waals surface area contributed by atoms with Gasteiger partial charge in [-0.3, -0.25) is 4.79 Å². The number of amides is 1. The van der Waals surface area contributed by atoms with E-state index in [0.717, 1.165) is 39.0 Å². The first kappa shape index (κ1) is 20.1. The summed E-state index contributed by atoms with van der Waals surface area (Å²) < 4.78 is 0. The molecule has 0 atom stereocenters. The molecule has 0 saturated heterocycles. The zero-order valence-electron chi connectivity index (χ0n) is 13.9. The number of nitrogens with zero attached hydrogens (tertiary/aromatic N) is 1. The van der Waals surface area contributed by atoms with Crippen LogP contribution >= 0.6 is 0 Å². The van der Waals surface area contributed by atoms with Crippen molar-refractivity contribution in [2.75, 3.05) is 32.8 Å². The van der Waals surface area contributed by atoms with Crippen LogP contribution in [0.5, 0.6) is 0 Å². The van der Waals surface area contributed by atoms with Crippen molar-refractivity contribution < 1.29 is 9.90 Å². The quantitative estimate of drug-likeness (QED) is 0.383. The standard InChI is InChI=1S/C17H34N2O2/c1-3-5-12-17(21)18-13-15-19(4-2)14-10-8-6-7-9-11-16-20/h3,5,20H,4,6-16H2,1-2H3,(H,18,21)/b5-3+. The highest BCUT2D eigenvalue weighted by molar-refractivity contribution is 5.77. The summed E-state index contributed by atoms with van der Waals surface area (Å²) in [5, 5.41) is 11.7. The molecule has 21 heavy (non-hydrogen) atoms. The molecule has 4 heteroatoms. The normalized spacial score (nSPS) is 11.4. The number of hydrogen-bond acceptors (Lipinski definition) is 3. The van der Waals surface area contributed by atoms with E-state index in [1.54, 1.807) is 0 Å². The van der Waals surface area contributed by atoms with Gasteiger partial charge in [0.1, 0.15) is 0 Å². The maximum Gasteiger partial charge on any atom is 0.223 e. The molecule has 0 aromatic carbocycles. The summed E-state index contributed by atoms with van der Waals surface area (Å²) in [5.41, 5.74) is 0. The Balaban J connectivity index is 3.51. The second-order valence-electron chi connectivity index (χ2n) is 5.40. The smallest absolute Gasteiger partial charge is 0.223 e. The highest BCUT2D eigenvalue weighted by atomic mass is 16.2. The van der Waals surface area contributed by atoms with Gasteiger partial charge in [-0.25, -0.2) is 0 Å². The van der Waals surface area contributed by atoms with Crippen LogP contribution in [-0.4, -0.2) is 48.7 Å². The zero-order valence-corrected chi connectivity index (χ0v) is 13.9. The molecule has 124 valence electrons.